The van der Waals surface area contributed by atoms with E-state index in [9.17, 15) is 4.79 Å². The van der Waals surface area contributed by atoms with E-state index in [1.54, 1.807) is 0 Å². The van der Waals surface area contributed by atoms with Gasteiger partial charge in [0.2, 0.25) is 5.91 Å². The Kier molecular flexibility index (Phi) is 4.73. The molecule has 5 heteroatoms. The number of nitrogens with one attached hydrogen (secondary N) is 1. The Morgan fingerprint density at radius 3 is 2.36 bits per heavy atom. The molecule has 22 heavy (non-hydrogen) atoms. The molecule has 0 radical (unpaired) electrons. The monoisotopic (exact) mass is 359 g/mol. The van der Waals surface area contributed by atoms with Gasteiger partial charge >= 0.3 is 0 Å². The minimum absolute atomic E-state index is 0.0849. The van der Waals surface area contributed by atoms with E-state index in [0.29, 0.717) is 0 Å². The molecule has 1 saturated heterocycles. The van der Waals surface area contributed by atoms with Crippen LogP contribution in [0.25, 0.3) is 0 Å². The summed E-state index contributed by atoms with van der Waals surface area (Å²) >= 11 is 3.39. The highest BCUT2D eigenvalue weighted by Gasteiger charge is 2.25. The van der Waals surface area contributed by atoms with Crippen molar-refractivity contribution in [3.8, 4) is 0 Å². The molecular weight excluding hydrogens is 342 g/mol. The van der Waals surface area contributed by atoms with Crippen molar-refractivity contribution < 1.29 is 4.79 Å². The van der Waals surface area contributed by atoms with Gasteiger partial charge in [-0.2, -0.15) is 0 Å². The lowest BCUT2D eigenvalue weighted by Gasteiger charge is -2.32. The van der Waals surface area contributed by atoms with E-state index in [4.69, 9.17) is 0 Å². The molecule has 1 aromatic heterocycles. The Morgan fingerprint density at radius 2 is 1.73 bits per heavy atom. The van der Waals surface area contributed by atoms with E-state index in [1.807, 2.05) is 48.8 Å². The van der Waals surface area contributed by atoms with E-state index in [-0.39, 0.29) is 11.8 Å². The molecule has 1 aliphatic heterocycles. The minimum Gasteiger partial charge on any atom is -0.371 e. The fraction of sp³-hybridized carbons (Fsp3) is 0.294. The van der Waals surface area contributed by atoms with Crippen molar-refractivity contribution in [2.75, 3.05) is 23.3 Å². The Balaban J connectivity index is 1.54. The molecule has 3 rings (SSSR count). The number of aromatic nitrogens is 1. The first-order chi connectivity index (χ1) is 10.7. The summed E-state index contributed by atoms with van der Waals surface area (Å²) in [4.78, 5) is 18.7. The van der Waals surface area contributed by atoms with Crippen LogP contribution in [0.1, 0.15) is 12.8 Å². The number of halogens is 1. The molecule has 0 spiro atoms. The van der Waals surface area contributed by atoms with Crippen molar-refractivity contribution in [3.05, 3.63) is 53.3 Å². The quantitative estimate of drug-likeness (QED) is 0.908. The third-order valence-electron chi connectivity index (χ3n) is 4.01. The van der Waals surface area contributed by atoms with Gasteiger partial charge < -0.3 is 10.2 Å². The first-order valence-corrected chi connectivity index (χ1v) is 8.23. The Bertz CT molecular complexity index is 622. The fourth-order valence-corrected chi connectivity index (χ4v) is 3.00. The second-order valence-electron chi connectivity index (χ2n) is 5.46. The molecule has 2 heterocycles. The van der Waals surface area contributed by atoms with E-state index in [2.05, 4.69) is 31.1 Å². The summed E-state index contributed by atoms with van der Waals surface area (Å²) < 4.78 is 1.01. The molecular formula is C17H18BrN3O. The van der Waals surface area contributed by atoms with Gasteiger partial charge in [-0.3, -0.25) is 9.78 Å². The maximum absolute atomic E-state index is 12.3. The molecule has 0 bridgehead atoms. The molecule has 114 valence electrons. The summed E-state index contributed by atoms with van der Waals surface area (Å²) in [6.45, 7) is 1.81. The average Bonchev–Trinajstić information content (AvgIpc) is 2.58. The second-order valence-corrected chi connectivity index (χ2v) is 6.38. The molecule has 1 amide bonds. The number of carbonyl (C=O) groups excluding carboxylic acids is 1. The zero-order valence-corrected chi connectivity index (χ0v) is 13.8. The highest BCUT2D eigenvalue weighted by atomic mass is 79.9. The largest absolute Gasteiger partial charge is 0.371 e. The van der Waals surface area contributed by atoms with Gasteiger partial charge in [0.15, 0.2) is 0 Å². The van der Waals surface area contributed by atoms with Crippen LogP contribution in [0.3, 0.4) is 0 Å². The van der Waals surface area contributed by atoms with Gasteiger partial charge in [-0.05, 0) is 49.2 Å². The second kappa shape index (κ2) is 6.92. The third-order valence-corrected chi connectivity index (χ3v) is 4.53. The van der Waals surface area contributed by atoms with Crippen LogP contribution in [0.5, 0.6) is 0 Å². The number of carbonyl (C=O) groups is 1. The summed E-state index contributed by atoms with van der Waals surface area (Å²) in [6.07, 6.45) is 5.37. The van der Waals surface area contributed by atoms with Crippen molar-refractivity contribution in [1.82, 2.24) is 4.98 Å². The highest BCUT2D eigenvalue weighted by molar-refractivity contribution is 9.10. The van der Waals surface area contributed by atoms with Crippen LogP contribution in [0.4, 0.5) is 11.4 Å². The number of pyridine rings is 1. The van der Waals surface area contributed by atoms with Crippen LogP contribution in [-0.4, -0.2) is 24.0 Å². The lowest BCUT2D eigenvalue weighted by molar-refractivity contribution is -0.120. The SMILES string of the molecule is O=C(Nc1ccc(Br)cc1)C1CCN(c2ccncc2)CC1. The molecule has 2 aromatic rings. The number of amides is 1. The third kappa shape index (κ3) is 3.65. The van der Waals surface area contributed by atoms with Gasteiger partial charge in [0.25, 0.3) is 0 Å². The number of nitrogens with zero attached hydrogens (tertiary/aromatic N) is 2. The van der Waals surface area contributed by atoms with Crippen molar-refractivity contribution >= 4 is 33.2 Å². The van der Waals surface area contributed by atoms with Gasteiger partial charge in [-0.15, -0.1) is 0 Å². The van der Waals surface area contributed by atoms with Crippen molar-refractivity contribution in [2.45, 2.75) is 12.8 Å². The molecule has 0 unspecified atom stereocenters. The maximum Gasteiger partial charge on any atom is 0.227 e. The fourth-order valence-electron chi connectivity index (χ4n) is 2.73. The molecule has 1 aliphatic rings. The predicted octanol–water partition coefficient (Wildman–Crippen LogP) is 3.70. The van der Waals surface area contributed by atoms with Crippen LogP contribution < -0.4 is 10.2 Å². The zero-order chi connectivity index (χ0) is 15.4. The topological polar surface area (TPSA) is 45.2 Å². The average molecular weight is 360 g/mol. The van der Waals surface area contributed by atoms with Crippen molar-refractivity contribution in [1.29, 1.82) is 0 Å². The van der Waals surface area contributed by atoms with E-state index < -0.39 is 0 Å². The standard InChI is InChI=1S/C17H18BrN3O/c18-14-1-3-15(4-2-14)20-17(22)13-7-11-21(12-8-13)16-5-9-19-10-6-16/h1-6,9-10,13H,7-8,11-12H2,(H,20,22). The van der Waals surface area contributed by atoms with Crippen LogP contribution >= 0.6 is 15.9 Å². The summed E-state index contributed by atoms with van der Waals surface area (Å²) in [7, 11) is 0. The van der Waals surface area contributed by atoms with Crippen LogP contribution in [0.2, 0.25) is 0 Å². The van der Waals surface area contributed by atoms with E-state index >= 15 is 0 Å². The van der Waals surface area contributed by atoms with Gasteiger partial charge in [-0.1, -0.05) is 15.9 Å². The summed E-state index contributed by atoms with van der Waals surface area (Å²) in [5, 5.41) is 3.01. The zero-order valence-electron chi connectivity index (χ0n) is 12.2. The van der Waals surface area contributed by atoms with Gasteiger partial charge in [0.05, 0.1) is 0 Å². The lowest BCUT2D eigenvalue weighted by Crippen LogP contribution is -2.38. The lowest BCUT2D eigenvalue weighted by atomic mass is 9.95. The maximum atomic E-state index is 12.3. The number of hydrogen-bond acceptors (Lipinski definition) is 3. The number of benzene rings is 1. The Hall–Kier alpha value is -1.88. The smallest absolute Gasteiger partial charge is 0.227 e. The molecule has 0 saturated carbocycles. The molecule has 0 atom stereocenters. The van der Waals surface area contributed by atoms with Gasteiger partial charge in [0, 0.05) is 47.2 Å². The minimum atomic E-state index is 0.0849. The van der Waals surface area contributed by atoms with E-state index in [0.717, 1.165) is 36.1 Å². The number of anilines is 2. The molecule has 0 aliphatic carbocycles. The highest BCUT2D eigenvalue weighted by Crippen LogP contribution is 2.24. The Morgan fingerprint density at radius 1 is 1.09 bits per heavy atom. The van der Waals surface area contributed by atoms with E-state index in [1.165, 1.54) is 5.69 Å². The first kappa shape index (κ1) is 15.0. The first-order valence-electron chi connectivity index (χ1n) is 7.44. The van der Waals surface area contributed by atoms with Crippen molar-refractivity contribution in [3.63, 3.8) is 0 Å². The number of hydrogen-bond donors (Lipinski definition) is 1. The van der Waals surface area contributed by atoms with Crippen LogP contribution in [0.15, 0.2) is 53.3 Å². The summed E-state index contributed by atoms with van der Waals surface area (Å²) in [5.74, 6) is 0.207. The summed E-state index contributed by atoms with van der Waals surface area (Å²) in [6, 6.07) is 11.7. The normalized spacial score (nSPS) is 15.6. The predicted molar refractivity (Wildman–Crippen MR) is 91.9 cm³/mol. The molecule has 1 fully saturated rings. The number of rotatable bonds is 3. The van der Waals surface area contributed by atoms with Crippen LogP contribution in [-0.2, 0) is 4.79 Å². The summed E-state index contributed by atoms with van der Waals surface area (Å²) in [5.41, 5.74) is 2.03. The molecule has 1 N–H and O–H groups in total. The Labute approximate surface area is 138 Å². The van der Waals surface area contributed by atoms with Gasteiger partial charge in [-0.25, -0.2) is 0 Å². The van der Waals surface area contributed by atoms with Crippen LogP contribution in [0, 0.1) is 5.92 Å². The number of piperidine rings is 1. The van der Waals surface area contributed by atoms with Gasteiger partial charge in [0.1, 0.15) is 0 Å². The molecule has 4 nitrogen and oxygen atoms in total. The molecule has 1 aromatic carbocycles. The van der Waals surface area contributed by atoms with Crippen molar-refractivity contribution in [2.24, 2.45) is 5.92 Å².